The van der Waals surface area contributed by atoms with E-state index in [4.69, 9.17) is 4.74 Å². The van der Waals surface area contributed by atoms with Crippen molar-refractivity contribution in [2.75, 3.05) is 6.61 Å². The molecule has 1 amide bonds. The lowest BCUT2D eigenvalue weighted by atomic mass is 9.58. The van der Waals surface area contributed by atoms with Gasteiger partial charge in [-0.3, -0.25) is 13.9 Å². The van der Waals surface area contributed by atoms with Crippen molar-refractivity contribution in [3.63, 3.8) is 0 Å². The molecule has 1 saturated heterocycles. The number of nitrogens with zero attached hydrogens (tertiary/aromatic N) is 2. The third kappa shape index (κ3) is 2.66. The third-order valence-corrected chi connectivity index (χ3v) is 9.10. The molecular formula is C25H35N3O3. The van der Waals surface area contributed by atoms with Gasteiger partial charge in [-0.2, -0.15) is 0 Å². The van der Waals surface area contributed by atoms with E-state index in [9.17, 15) is 9.59 Å². The maximum absolute atomic E-state index is 12.5. The first-order valence-corrected chi connectivity index (χ1v) is 11.7. The van der Waals surface area contributed by atoms with Crippen molar-refractivity contribution >= 4 is 16.9 Å². The minimum absolute atomic E-state index is 0.00315. The summed E-state index contributed by atoms with van der Waals surface area (Å²) in [5.74, 6) is 1.13. The molecule has 2 saturated carbocycles. The van der Waals surface area contributed by atoms with E-state index in [1.54, 1.807) is 9.13 Å². The number of aryl methyl sites for hydroxylation is 3. The van der Waals surface area contributed by atoms with E-state index in [0.717, 1.165) is 23.9 Å². The average molecular weight is 426 g/mol. The molecule has 3 fully saturated rings. The number of nitrogens with one attached hydrogen (secondary N) is 1. The largest absolute Gasteiger partial charge is 0.373 e. The molecular weight excluding hydrogens is 390 g/mol. The Morgan fingerprint density at radius 1 is 1.23 bits per heavy atom. The molecule has 1 spiro atoms. The minimum Gasteiger partial charge on any atom is -0.373 e. The fourth-order valence-corrected chi connectivity index (χ4v) is 7.33. The second-order valence-electron chi connectivity index (χ2n) is 10.8. The Morgan fingerprint density at radius 3 is 2.58 bits per heavy atom. The fourth-order valence-electron chi connectivity index (χ4n) is 7.33. The summed E-state index contributed by atoms with van der Waals surface area (Å²) in [6, 6.07) is 4.49. The van der Waals surface area contributed by atoms with Crippen molar-refractivity contribution < 1.29 is 9.53 Å². The molecule has 5 atom stereocenters. The monoisotopic (exact) mass is 425 g/mol. The molecule has 2 aliphatic carbocycles. The standard InChI is InChI=1S/C25H35N3O3/c1-7-20(29)26-22-24(3,4)15-11-17-21(31-9-8-25(17,22)13-15)16-12-19-18(10-14(16)2)27(5)23(30)28(19)6/h10,12,15,17,21-22H,7-9,11,13H2,1-6H3,(H,26,29)/t15-,17-,21-,22+,25-/m1/s1. The molecule has 3 aliphatic rings. The van der Waals surface area contributed by atoms with Gasteiger partial charge in [0.1, 0.15) is 0 Å². The number of imidazole rings is 1. The van der Waals surface area contributed by atoms with Gasteiger partial charge in [-0.05, 0) is 72.1 Å². The molecule has 168 valence electrons. The highest BCUT2D eigenvalue weighted by atomic mass is 16.5. The highest BCUT2D eigenvalue weighted by molar-refractivity contribution is 5.78. The first kappa shape index (κ1) is 20.8. The SMILES string of the molecule is CCC(=O)N[C@H]1C(C)(C)[C@@H]2C[C@@H]3[C@@H](c4cc5c(cc4C)n(C)c(=O)n5C)OCC[C@@]31C2. The van der Waals surface area contributed by atoms with Crippen LogP contribution in [0.1, 0.15) is 63.7 Å². The summed E-state index contributed by atoms with van der Waals surface area (Å²) in [6.07, 6.45) is 3.85. The Bertz CT molecular complexity index is 1130. The molecule has 2 aromatic rings. The molecule has 6 nitrogen and oxygen atoms in total. The zero-order valence-electron chi connectivity index (χ0n) is 19.6. The summed E-state index contributed by atoms with van der Waals surface area (Å²) in [5, 5.41) is 3.43. The Kier molecular flexibility index (Phi) is 4.50. The predicted molar refractivity (Wildman–Crippen MR) is 121 cm³/mol. The number of ether oxygens (including phenoxy) is 1. The van der Waals surface area contributed by atoms with E-state index in [0.29, 0.717) is 24.9 Å². The van der Waals surface area contributed by atoms with Crippen molar-refractivity contribution in [3.8, 4) is 0 Å². The van der Waals surface area contributed by atoms with Gasteiger partial charge >= 0.3 is 5.69 Å². The minimum atomic E-state index is -0.00315. The van der Waals surface area contributed by atoms with Crippen molar-refractivity contribution in [1.82, 2.24) is 14.5 Å². The Morgan fingerprint density at radius 2 is 1.90 bits per heavy atom. The van der Waals surface area contributed by atoms with Crippen LogP contribution in [-0.4, -0.2) is 27.7 Å². The van der Waals surface area contributed by atoms with Gasteiger partial charge in [0.15, 0.2) is 0 Å². The van der Waals surface area contributed by atoms with Crippen LogP contribution in [0, 0.1) is 29.6 Å². The molecule has 31 heavy (non-hydrogen) atoms. The maximum atomic E-state index is 12.5. The van der Waals surface area contributed by atoms with E-state index in [-0.39, 0.29) is 34.6 Å². The fraction of sp³-hybridized carbons (Fsp3) is 0.680. The molecule has 0 unspecified atom stereocenters. The number of rotatable bonds is 3. The topological polar surface area (TPSA) is 65.3 Å². The van der Waals surface area contributed by atoms with Crippen LogP contribution in [0.25, 0.3) is 11.0 Å². The number of hydrogen-bond acceptors (Lipinski definition) is 3. The third-order valence-electron chi connectivity index (χ3n) is 9.10. The molecule has 2 heterocycles. The van der Waals surface area contributed by atoms with Crippen molar-refractivity contribution in [2.45, 2.75) is 65.5 Å². The van der Waals surface area contributed by atoms with E-state index >= 15 is 0 Å². The summed E-state index contributed by atoms with van der Waals surface area (Å²) in [7, 11) is 3.66. The summed E-state index contributed by atoms with van der Waals surface area (Å²) < 4.78 is 9.91. The van der Waals surface area contributed by atoms with Crippen LogP contribution in [-0.2, 0) is 23.6 Å². The Hall–Kier alpha value is -2.08. The van der Waals surface area contributed by atoms with Gasteiger partial charge in [0, 0.05) is 33.2 Å². The molecule has 6 heteroatoms. The summed E-state index contributed by atoms with van der Waals surface area (Å²) >= 11 is 0. The van der Waals surface area contributed by atoms with Crippen LogP contribution < -0.4 is 11.0 Å². The normalized spacial score (nSPS) is 33.6. The number of hydrogen-bond donors (Lipinski definition) is 1. The summed E-state index contributed by atoms with van der Waals surface area (Å²) in [4.78, 5) is 24.9. The second kappa shape index (κ2) is 6.71. The van der Waals surface area contributed by atoms with E-state index in [2.05, 4.69) is 38.2 Å². The van der Waals surface area contributed by atoms with Crippen molar-refractivity contribution in [2.24, 2.45) is 36.8 Å². The molecule has 1 aromatic heterocycles. The van der Waals surface area contributed by atoms with Crippen molar-refractivity contribution in [1.29, 1.82) is 0 Å². The molecule has 5 rings (SSSR count). The zero-order valence-corrected chi connectivity index (χ0v) is 19.6. The highest BCUT2D eigenvalue weighted by Crippen LogP contribution is 2.70. The lowest BCUT2D eigenvalue weighted by Crippen LogP contribution is -2.58. The molecule has 1 N–H and O–H groups in total. The van der Waals surface area contributed by atoms with Crippen LogP contribution in [0.4, 0.5) is 0 Å². The lowest BCUT2D eigenvalue weighted by Gasteiger charge is -2.53. The number of amides is 1. The molecule has 1 aliphatic heterocycles. The average Bonchev–Trinajstić information content (AvgIpc) is 3.30. The van der Waals surface area contributed by atoms with Crippen molar-refractivity contribution in [3.05, 3.63) is 33.7 Å². The smallest absolute Gasteiger partial charge is 0.328 e. The van der Waals surface area contributed by atoms with E-state index < -0.39 is 0 Å². The van der Waals surface area contributed by atoms with Gasteiger partial charge in [-0.1, -0.05) is 20.8 Å². The van der Waals surface area contributed by atoms with Crippen LogP contribution in [0.2, 0.25) is 0 Å². The van der Waals surface area contributed by atoms with Crippen LogP contribution in [0.5, 0.6) is 0 Å². The van der Waals surface area contributed by atoms with Gasteiger partial charge < -0.3 is 10.1 Å². The first-order chi connectivity index (χ1) is 14.6. The predicted octanol–water partition coefficient (Wildman–Crippen LogP) is 3.59. The van der Waals surface area contributed by atoms with Crippen LogP contribution in [0.15, 0.2) is 16.9 Å². The maximum Gasteiger partial charge on any atom is 0.328 e. The first-order valence-electron chi connectivity index (χ1n) is 11.7. The molecule has 0 radical (unpaired) electrons. The molecule has 2 bridgehead atoms. The van der Waals surface area contributed by atoms with Gasteiger partial charge in [0.2, 0.25) is 5.91 Å². The number of carbonyl (C=O) groups is 1. The van der Waals surface area contributed by atoms with Gasteiger partial charge in [0.25, 0.3) is 0 Å². The van der Waals surface area contributed by atoms with E-state index in [1.165, 1.54) is 17.5 Å². The second-order valence-corrected chi connectivity index (χ2v) is 10.8. The van der Waals surface area contributed by atoms with E-state index in [1.807, 2.05) is 21.0 Å². The quantitative estimate of drug-likeness (QED) is 0.817. The number of aromatic nitrogens is 2. The van der Waals surface area contributed by atoms with Crippen LogP contribution in [0.3, 0.4) is 0 Å². The lowest BCUT2D eigenvalue weighted by molar-refractivity contribution is -0.137. The summed E-state index contributed by atoms with van der Waals surface area (Å²) in [5.41, 5.74) is 4.47. The van der Waals surface area contributed by atoms with Gasteiger partial charge in [0.05, 0.1) is 17.1 Å². The Labute approximate surface area is 183 Å². The highest BCUT2D eigenvalue weighted by Gasteiger charge is 2.68. The number of benzene rings is 1. The van der Waals surface area contributed by atoms with Crippen LogP contribution >= 0.6 is 0 Å². The number of fused-ring (bicyclic) bond motifs is 2. The summed E-state index contributed by atoms with van der Waals surface area (Å²) in [6.45, 7) is 9.45. The Balaban J connectivity index is 1.59. The molecule has 1 aromatic carbocycles. The van der Waals surface area contributed by atoms with Gasteiger partial charge in [-0.25, -0.2) is 4.79 Å². The van der Waals surface area contributed by atoms with Gasteiger partial charge in [-0.15, -0.1) is 0 Å². The zero-order chi connectivity index (χ0) is 22.3. The number of carbonyl (C=O) groups excluding carboxylic acids is 1.